The molecule has 0 aliphatic carbocycles. The fraction of sp³-hybridized carbons (Fsp3) is 0.700. The second-order valence-electron chi connectivity index (χ2n) is 3.61. The number of alkyl halides is 1. The normalized spacial score (nSPS) is 18.6. The Morgan fingerprint density at radius 1 is 1.50 bits per heavy atom. The molecule has 0 unspecified atom stereocenters. The van der Waals surface area contributed by atoms with Crippen LogP contribution in [0.2, 0.25) is 0 Å². The Balaban J connectivity index is 2.00. The maximum atomic E-state index is 5.65. The van der Waals surface area contributed by atoms with Gasteiger partial charge in [-0.25, -0.2) is 4.98 Å². The number of ether oxygens (including phenoxy) is 1. The summed E-state index contributed by atoms with van der Waals surface area (Å²) in [5.74, 6) is 2.22. The highest BCUT2D eigenvalue weighted by Gasteiger charge is 2.17. The Labute approximate surface area is 88.8 Å². The lowest BCUT2D eigenvalue weighted by Gasteiger charge is -2.20. The maximum Gasteiger partial charge on any atom is 0.107 e. The van der Waals surface area contributed by atoms with Crippen LogP contribution in [0.1, 0.15) is 30.3 Å². The van der Waals surface area contributed by atoms with Crippen molar-refractivity contribution >= 4 is 11.6 Å². The summed E-state index contributed by atoms with van der Waals surface area (Å²) < 4.78 is 5.32. The van der Waals surface area contributed by atoms with Gasteiger partial charge in [0.1, 0.15) is 5.82 Å². The zero-order chi connectivity index (χ0) is 9.80. The van der Waals surface area contributed by atoms with Crippen LogP contribution in [-0.2, 0) is 11.2 Å². The van der Waals surface area contributed by atoms with Crippen LogP contribution in [-0.4, -0.2) is 29.1 Å². The first-order valence-corrected chi connectivity index (χ1v) is 5.61. The molecule has 1 saturated heterocycles. The van der Waals surface area contributed by atoms with Gasteiger partial charge in [-0.15, -0.1) is 11.6 Å². The third-order valence-corrected chi connectivity index (χ3v) is 2.83. The molecule has 0 amide bonds. The second-order valence-corrected chi connectivity index (χ2v) is 3.99. The van der Waals surface area contributed by atoms with Crippen molar-refractivity contribution in [3.63, 3.8) is 0 Å². The number of halogens is 1. The van der Waals surface area contributed by atoms with Gasteiger partial charge in [0, 0.05) is 43.3 Å². The molecule has 1 aliphatic heterocycles. The van der Waals surface area contributed by atoms with Gasteiger partial charge in [0.05, 0.1) is 0 Å². The van der Waals surface area contributed by atoms with Gasteiger partial charge >= 0.3 is 0 Å². The van der Waals surface area contributed by atoms with Crippen molar-refractivity contribution in [3.8, 4) is 0 Å². The lowest BCUT2D eigenvalue weighted by Crippen LogP contribution is -2.14. The molecular weight excluding hydrogens is 200 g/mol. The first kappa shape index (κ1) is 9.99. The predicted molar refractivity (Wildman–Crippen MR) is 55.8 cm³/mol. The molecule has 0 saturated carbocycles. The van der Waals surface area contributed by atoms with Crippen LogP contribution in [0.3, 0.4) is 0 Å². The van der Waals surface area contributed by atoms with Crippen LogP contribution in [0.5, 0.6) is 0 Å². The number of hydrogen-bond donors (Lipinski definition) is 1. The molecule has 2 heterocycles. The molecule has 0 aromatic carbocycles. The zero-order valence-electron chi connectivity index (χ0n) is 8.13. The minimum absolute atomic E-state index is 0.598. The summed E-state index contributed by atoms with van der Waals surface area (Å²) in [7, 11) is 0. The molecule has 1 fully saturated rings. The Morgan fingerprint density at radius 3 is 3.00 bits per heavy atom. The highest BCUT2D eigenvalue weighted by molar-refractivity contribution is 6.17. The number of aromatic nitrogens is 2. The molecule has 4 heteroatoms. The SMILES string of the molecule is ClCCc1ncc(C2CCOCC2)[nH]1. The van der Waals surface area contributed by atoms with E-state index >= 15 is 0 Å². The van der Waals surface area contributed by atoms with Crippen molar-refractivity contribution in [2.45, 2.75) is 25.2 Å². The van der Waals surface area contributed by atoms with Gasteiger partial charge in [-0.2, -0.15) is 0 Å². The molecule has 1 N–H and O–H groups in total. The number of nitrogens with one attached hydrogen (secondary N) is 1. The number of hydrogen-bond acceptors (Lipinski definition) is 2. The van der Waals surface area contributed by atoms with Crippen LogP contribution in [0.25, 0.3) is 0 Å². The lowest BCUT2D eigenvalue weighted by atomic mass is 9.97. The molecule has 1 aromatic heterocycles. The fourth-order valence-corrected chi connectivity index (χ4v) is 1.99. The molecular formula is C10H15ClN2O. The minimum atomic E-state index is 0.598. The van der Waals surface area contributed by atoms with E-state index in [1.807, 2.05) is 6.20 Å². The van der Waals surface area contributed by atoms with E-state index in [1.165, 1.54) is 5.69 Å². The van der Waals surface area contributed by atoms with E-state index in [1.54, 1.807) is 0 Å². The van der Waals surface area contributed by atoms with Crippen LogP contribution in [0, 0.1) is 0 Å². The number of imidazole rings is 1. The number of aromatic amines is 1. The number of nitrogens with zero attached hydrogens (tertiary/aromatic N) is 1. The Kier molecular flexibility index (Phi) is 3.43. The number of H-pyrrole nitrogens is 1. The van der Waals surface area contributed by atoms with E-state index in [0.29, 0.717) is 11.8 Å². The van der Waals surface area contributed by atoms with Gasteiger partial charge in [-0.3, -0.25) is 0 Å². The highest BCUT2D eigenvalue weighted by atomic mass is 35.5. The molecule has 1 aliphatic rings. The average molecular weight is 215 g/mol. The van der Waals surface area contributed by atoms with E-state index in [2.05, 4.69) is 9.97 Å². The summed E-state index contributed by atoms with van der Waals surface area (Å²) in [5, 5.41) is 0. The largest absolute Gasteiger partial charge is 0.381 e. The van der Waals surface area contributed by atoms with E-state index in [9.17, 15) is 0 Å². The predicted octanol–water partition coefficient (Wildman–Crippen LogP) is 2.08. The molecule has 0 radical (unpaired) electrons. The molecule has 0 atom stereocenters. The maximum absolute atomic E-state index is 5.65. The van der Waals surface area contributed by atoms with E-state index in [4.69, 9.17) is 16.3 Å². The number of rotatable bonds is 3. The van der Waals surface area contributed by atoms with Crippen molar-refractivity contribution in [3.05, 3.63) is 17.7 Å². The molecule has 0 spiro atoms. The van der Waals surface area contributed by atoms with Crippen molar-refractivity contribution in [2.24, 2.45) is 0 Å². The smallest absolute Gasteiger partial charge is 0.107 e. The van der Waals surface area contributed by atoms with E-state index in [0.717, 1.165) is 38.3 Å². The zero-order valence-corrected chi connectivity index (χ0v) is 8.89. The number of aryl methyl sites for hydroxylation is 1. The summed E-state index contributed by atoms with van der Waals surface area (Å²) in [6.07, 6.45) is 4.97. The first-order valence-electron chi connectivity index (χ1n) is 5.07. The van der Waals surface area contributed by atoms with Gasteiger partial charge in [-0.1, -0.05) is 0 Å². The van der Waals surface area contributed by atoms with Crippen molar-refractivity contribution < 1.29 is 4.74 Å². The Bertz CT molecular complexity index is 281. The fourth-order valence-electron chi connectivity index (χ4n) is 1.81. The lowest BCUT2D eigenvalue weighted by molar-refractivity contribution is 0.0846. The standard InChI is InChI=1S/C10H15ClN2O/c11-4-1-10-12-7-9(13-10)8-2-5-14-6-3-8/h7-8H,1-6H2,(H,12,13). The third kappa shape index (κ3) is 2.28. The van der Waals surface area contributed by atoms with Crippen LogP contribution >= 0.6 is 11.6 Å². The average Bonchev–Trinajstić information content (AvgIpc) is 2.68. The highest BCUT2D eigenvalue weighted by Crippen LogP contribution is 2.25. The summed E-state index contributed by atoms with van der Waals surface area (Å²) in [6, 6.07) is 0. The van der Waals surface area contributed by atoms with E-state index < -0.39 is 0 Å². The monoisotopic (exact) mass is 214 g/mol. The van der Waals surface area contributed by atoms with Crippen molar-refractivity contribution in [1.29, 1.82) is 0 Å². The summed E-state index contributed by atoms with van der Waals surface area (Å²) in [4.78, 5) is 7.63. The van der Waals surface area contributed by atoms with Crippen LogP contribution in [0.4, 0.5) is 0 Å². The molecule has 14 heavy (non-hydrogen) atoms. The van der Waals surface area contributed by atoms with E-state index in [-0.39, 0.29) is 0 Å². The van der Waals surface area contributed by atoms with Crippen molar-refractivity contribution in [1.82, 2.24) is 9.97 Å². The van der Waals surface area contributed by atoms with Gasteiger partial charge in [0.2, 0.25) is 0 Å². The molecule has 2 rings (SSSR count). The third-order valence-electron chi connectivity index (χ3n) is 2.64. The summed E-state index contributed by atoms with van der Waals surface area (Å²) in [5.41, 5.74) is 1.24. The van der Waals surface area contributed by atoms with Crippen LogP contribution in [0.15, 0.2) is 6.20 Å². The van der Waals surface area contributed by atoms with Crippen LogP contribution < -0.4 is 0 Å². The molecule has 1 aromatic rings. The topological polar surface area (TPSA) is 37.9 Å². The first-order chi connectivity index (χ1) is 6.90. The molecule has 3 nitrogen and oxygen atoms in total. The van der Waals surface area contributed by atoms with Crippen molar-refractivity contribution in [2.75, 3.05) is 19.1 Å². The molecule has 0 bridgehead atoms. The minimum Gasteiger partial charge on any atom is -0.381 e. The van der Waals surface area contributed by atoms with Gasteiger partial charge in [0.15, 0.2) is 0 Å². The second kappa shape index (κ2) is 4.80. The van der Waals surface area contributed by atoms with Gasteiger partial charge < -0.3 is 9.72 Å². The summed E-state index contributed by atoms with van der Waals surface area (Å²) in [6.45, 7) is 1.74. The van der Waals surface area contributed by atoms with Gasteiger partial charge in [-0.05, 0) is 12.8 Å². The Hall–Kier alpha value is -0.540. The summed E-state index contributed by atoms with van der Waals surface area (Å²) >= 11 is 5.65. The quantitative estimate of drug-likeness (QED) is 0.783. The molecule has 78 valence electrons. The Morgan fingerprint density at radius 2 is 2.29 bits per heavy atom. The van der Waals surface area contributed by atoms with Gasteiger partial charge in [0.25, 0.3) is 0 Å².